The molecule has 1 atom stereocenters. The molecule has 2 rings (SSSR count). The maximum atomic E-state index is 3.58. The van der Waals surface area contributed by atoms with E-state index in [0.717, 1.165) is 6.04 Å². The van der Waals surface area contributed by atoms with Gasteiger partial charge in [0.1, 0.15) is 0 Å². The fourth-order valence-corrected chi connectivity index (χ4v) is 2.29. The van der Waals surface area contributed by atoms with E-state index >= 15 is 0 Å². The van der Waals surface area contributed by atoms with Gasteiger partial charge in [-0.25, -0.2) is 0 Å². The minimum atomic E-state index is 0.715. The molecule has 0 aromatic heterocycles. The summed E-state index contributed by atoms with van der Waals surface area (Å²) in [7, 11) is 0. The van der Waals surface area contributed by atoms with Gasteiger partial charge in [0.25, 0.3) is 0 Å². The second kappa shape index (κ2) is 6.80. The molecule has 1 aromatic carbocycles. The van der Waals surface area contributed by atoms with Crippen LogP contribution in [0.5, 0.6) is 0 Å². The molecule has 94 valence electrons. The molecule has 1 fully saturated rings. The van der Waals surface area contributed by atoms with Crippen LogP contribution in [0.15, 0.2) is 30.3 Å². The first-order chi connectivity index (χ1) is 8.36. The van der Waals surface area contributed by atoms with Crippen molar-refractivity contribution in [2.75, 3.05) is 6.54 Å². The van der Waals surface area contributed by atoms with Gasteiger partial charge >= 0.3 is 0 Å². The van der Waals surface area contributed by atoms with Crippen LogP contribution in [0, 0.1) is 0 Å². The summed E-state index contributed by atoms with van der Waals surface area (Å²) >= 11 is 0. The Labute approximate surface area is 106 Å². The van der Waals surface area contributed by atoms with Gasteiger partial charge in [-0.3, -0.25) is 0 Å². The Hall–Kier alpha value is -0.820. The molecule has 1 unspecified atom stereocenters. The monoisotopic (exact) mass is 231 g/mol. The highest BCUT2D eigenvalue weighted by atomic mass is 14.9. The second-order valence-corrected chi connectivity index (χ2v) is 5.39. The third-order valence-electron chi connectivity index (χ3n) is 3.69. The van der Waals surface area contributed by atoms with E-state index in [1.54, 1.807) is 0 Å². The van der Waals surface area contributed by atoms with Gasteiger partial charge in [-0.15, -0.1) is 0 Å². The molecule has 0 saturated heterocycles. The van der Waals surface area contributed by atoms with Crippen molar-refractivity contribution in [3.8, 4) is 0 Å². The Morgan fingerprint density at radius 2 is 1.88 bits per heavy atom. The number of hydrogen-bond donors (Lipinski definition) is 1. The highest BCUT2D eigenvalue weighted by Gasteiger charge is 2.19. The van der Waals surface area contributed by atoms with Crippen molar-refractivity contribution in [1.82, 2.24) is 5.32 Å². The predicted octanol–water partition coefficient (Wildman–Crippen LogP) is 4.10. The Bertz CT molecular complexity index is 303. The number of unbranched alkanes of at least 4 members (excludes halogenated alkanes) is 2. The van der Waals surface area contributed by atoms with Crippen LogP contribution in [0.1, 0.15) is 56.9 Å². The van der Waals surface area contributed by atoms with E-state index in [-0.39, 0.29) is 0 Å². The van der Waals surface area contributed by atoms with Gasteiger partial charge in [-0.1, -0.05) is 50.1 Å². The second-order valence-electron chi connectivity index (χ2n) is 5.39. The van der Waals surface area contributed by atoms with Crippen molar-refractivity contribution >= 4 is 0 Å². The van der Waals surface area contributed by atoms with Gasteiger partial charge in [0.15, 0.2) is 0 Å². The quantitative estimate of drug-likeness (QED) is 0.664. The minimum absolute atomic E-state index is 0.715. The molecule has 1 aliphatic carbocycles. The summed E-state index contributed by atoms with van der Waals surface area (Å²) in [6.45, 7) is 3.57. The zero-order valence-corrected chi connectivity index (χ0v) is 11.0. The first-order valence-corrected chi connectivity index (χ1v) is 7.14. The van der Waals surface area contributed by atoms with E-state index in [9.17, 15) is 0 Å². The van der Waals surface area contributed by atoms with E-state index in [1.807, 2.05) is 0 Å². The fourth-order valence-electron chi connectivity index (χ4n) is 2.29. The predicted molar refractivity (Wildman–Crippen MR) is 74.3 cm³/mol. The van der Waals surface area contributed by atoms with Gasteiger partial charge in [0, 0.05) is 6.04 Å². The maximum Gasteiger partial charge on any atom is 0.00682 e. The Morgan fingerprint density at radius 1 is 1.12 bits per heavy atom. The fraction of sp³-hybridized carbons (Fsp3) is 0.625. The standard InChI is InChI=1S/C16H25N/c1-14(15-9-5-2-6-10-15)8-4-3-7-13-17-16-11-12-16/h2,5-6,9-10,14,16-17H,3-4,7-8,11-13H2,1H3. The van der Waals surface area contributed by atoms with Crippen LogP contribution in [0.25, 0.3) is 0 Å². The van der Waals surface area contributed by atoms with Crippen LogP contribution >= 0.6 is 0 Å². The molecule has 0 radical (unpaired) electrons. The summed E-state index contributed by atoms with van der Waals surface area (Å²) in [6, 6.07) is 11.8. The minimum Gasteiger partial charge on any atom is -0.314 e. The zero-order chi connectivity index (χ0) is 11.9. The van der Waals surface area contributed by atoms with E-state index in [4.69, 9.17) is 0 Å². The van der Waals surface area contributed by atoms with Gasteiger partial charge in [0.2, 0.25) is 0 Å². The van der Waals surface area contributed by atoms with Crippen LogP contribution in [-0.2, 0) is 0 Å². The third-order valence-corrected chi connectivity index (χ3v) is 3.69. The van der Waals surface area contributed by atoms with Gasteiger partial charge in [0.05, 0.1) is 0 Å². The summed E-state index contributed by atoms with van der Waals surface area (Å²) in [5.74, 6) is 0.715. The molecule has 1 heteroatoms. The lowest BCUT2D eigenvalue weighted by atomic mass is 9.95. The molecular weight excluding hydrogens is 206 g/mol. The molecular formula is C16H25N. The van der Waals surface area contributed by atoms with Crippen LogP contribution in [0.3, 0.4) is 0 Å². The highest BCUT2D eigenvalue weighted by molar-refractivity contribution is 5.18. The summed E-state index contributed by atoms with van der Waals surface area (Å²) in [4.78, 5) is 0. The molecule has 1 N–H and O–H groups in total. The number of nitrogens with one attached hydrogen (secondary N) is 1. The van der Waals surface area contributed by atoms with Crippen LogP contribution in [0.2, 0.25) is 0 Å². The molecule has 1 aromatic rings. The molecule has 0 heterocycles. The molecule has 0 bridgehead atoms. The van der Waals surface area contributed by atoms with Crippen molar-refractivity contribution in [2.24, 2.45) is 0 Å². The molecule has 1 saturated carbocycles. The van der Waals surface area contributed by atoms with Gasteiger partial charge < -0.3 is 5.32 Å². The summed E-state index contributed by atoms with van der Waals surface area (Å²) < 4.78 is 0. The largest absolute Gasteiger partial charge is 0.314 e. The average molecular weight is 231 g/mol. The number of hydrogen-bond acceptors (Lipinski definition) is 1. The third kappa shape index (κ3) is 4.91. The van der Waals surface area contributed by atoms with Crippen LogP contribution in [-0.4, -0.2) is 12.6 Å². The van der Waals surface area contributed by atoms with E-state index < -0.39 is 0 Å². The molecule has 0 spiro atoms. The molecule has 1 nitrogen and oxygen atoms in total. The first kappa shape index (κ1) is 12.6. The van der Waals surface area contributed by atoms with Crippen LogP contribution in [0.4, 0.5) is 0 Å². The summed E-state index contributed by atoms with van der Waals surface area (Å²) in [5, 5.41) is 3.58. The van der Waals surface area contributed by atoms with E-state index in [0.29, 0.717) is 5.92 Å². The first-order valence-electron chi connectivity index (χ1n) is 7.14. The zero-order valence-electron chi connectivity index (χ0n) is 11.0. The SMILES string of the molecule is CC(CCCCCNC1CC1)c1ccccc1. The van der Waals surface area contributed by atoms with Crippen molar-refractivity contribution in [3.05, 3.63) is 35.9 Å². The lowest BCUT2D eigenvalue weighted by Gasteiger charge is -2.11. The van der Waals surface area contributed by atoms with Crippen molar-refractivity contribution in [1.29, 1.82) is 0 Å². The smallest absolute Gasteiger partial charge is 0.00682 e. The lowest BCUT2D eigenvalue weighted by molar-refractivity contribution is 0.557. The Balaban J connectivity index is 1.52. The van der Waals surface area contributed by atoms with E-state index in [2.05, 4.69) is 42.6 Å². The van der Waals surface area contributed by atoms with Crippen molar-refractivity contribution < 1.29 is 0 Å². The van der Waals surface area contributed by atoms with Gasteiger partial charge in [-0.05, 0) is 43.7 Å². The molecule has 1 aliphatic rings. The molecule has 0 aliphatic heterocycles. The topological polar surface area (TPSA) is 12.0 Å². The summed E-state index contributed by atoms with van der Waals surface area (Å²) in [6.07, 6.45) is 8.22. The number of benzene rings is 1. The van der Waals surface area contributed by atoms with Crippen molar-refractivity contribution in [2.45, 2.75) is 57.4 Å². The number of rotatable bonds is 8. The van der Waals surface area contributed by atoms with Gasteiger partial charge in [-0.2, -0.15) is 0 Å². The Morgan fingerprint density at radius 3 is 2.59 bits per heavy atom. The molecule has 0 amide bonds. The normalized spacial score (nSPS) is 17.0. The molecule has 17 heavy (non-hydrogen) atoms. The lowest BCUT2D eigenvalue weighted by Crippen LogP contribution is -2.17. The van der Waals surface area contributed by atoms with E-state index in [1.165, 1.54) is 50.6 Å². The van der Waals surface area contributed by atoms with Crippen molar-refractivity contribution in [3.63, 3.8) is 0 Å². The highest BCUT2D eigenvalue weighted by Crippen LogP contribution is 2.21. The summed E-state index contributed by atoms with van der Waals surface area (Å²) in [5.41, 5.74) is 1.49. The Kier molecular flexibility index (Phi) is 5.06. The maximum absolute atomic E-state index is 3.58. The van der Waals surface area contributed by atoms with Crippen LogP contribution < -0.4 is 5.32 Å². The average Bonchev–Trinajstić information content (AvgIpc) is 3.18.